The summed E-state index contributed by atoms with van der Waals surface area (Å²) in [6.45, 7) is 2.73. The van der Waals surface area contributed by atoms with Gasteiger partial charge in [-0.1, -0.05) is 6.07 Å². The first-order valence-corrected chi connectivity index (χ1v) is 5.50. The average Bonchev–Trinajstić information content (AvgIpc) is 2.64. The molecular formula is C12H15FN2O2. The van der Waals surface area contributed by atoms with E-state index in [0.29, 0.717) is 24.3 Å². The normalized spacial score (nSPS) is 19.6. The van der Waals surface area contributed by atoms with Crippen molar-refractivity contribution in [3.63, 3.8) is 0 Å². The summed E-state index contributed by atoms with van der Waals surface area (Å²) in [6, 6.07) is 4.74. The van der Waals surface area contributed by atoms with Gasteiger partial charge in [-0.3, -0.25) is 4.90 Å². The number of likely N-dealkylation sites (N-methyl/N-ethyl adjacent to an activating group) is 1. The number of nitrogens with zero attached hydrogens (tertiary/aromatic N) is 1. The Labute approximate surface area is 99.4 Å². The zero-order valence-electron chi connectivity index (χ0n) is 9.87. The van der Waals surface area contributed by atoms with E-state index < -0.39 is 6.09 Å². The lowest BCUT2D eigenvalue weighted by Crippen LogP contribution is -2.29. The molecule has 1 heterocycles. The summed E-state index contributed by atoms with van der Waals surface area (Å²) in [5, 5.41) is 2.94. The molecule has 0 aliphatic carbocycles. The van der Waals surface area contributed by atoms with E-state index in [1.54, 1.807) is 26.1 Å². The number of cyclic esters (lactones) is 1. The van der Waals surface area contributed by atoms with Crippen LogP contribution in [0.2, 0.25) is 0 Å². The smallest absolute Gasteiger partial charge is 0.414 e. The van der Waals surface area contributed by atoms with Gasteiger partial charge in [0.2, 0.25) is 0 Å². The van der Waals surface area contributed by atoms with Crippen LogP contribution in [0.5, 0.6) is 0 Å². The quantitative estimate of drug-likeness (QED) is 0.871. The van der Waals surface area contributed by atoms with Crippen molar-refractivity contribution >= 4 is 11.8 Å². The third-order valence-corrected chi connectivity index (χ3v) is 2.77. The number of amides is 1. The van der Waals surface area contributed by atoms with Gasteiger partial charge in [-0.15, -0.1) is 0 Å². The van der Waals surface area contributed by atoms with Crippen LogP contribution in [0.15, 0.2) is 18.2 Å². The monoisotopic (exact) mass is 238 g/mol. The summed E-state index contributed by atoms with van der Waals surface area (Å²) in [4.78, 5) is 13.1. The molecule has 1 unspecified atom stereocenters. The minimum atomic E-state index is -0.423. The molecule has 1 aromatic carbocycles. The molecule has 1 saturated heterocycles. The lowest BCUT2D eigenvalue weighted by Gasteiger charge is -2.13. The molecule has 0 aromatic heterocycles. The maximum Gasteiger partial charge on any atom is 0.414 e. The first-order chi connectivity index (χ1) is 8.11. The van der Waals surface area contributed by atoms with Crippen LogP contribution in [-0.4, -0.2) is 32.3 Å². The molecule has 2 rings (SSSR count). The van der Waals surface area contributed by atoms with Gasteiger partial charge in [0.1, 0.15) is 11.9 Å². The molecule has 0 bridgehead atoms. The molecule has 1 fully saturated rings. The highest BCUT2D eigenvalue weighted by Gasteiger charge is 2.31. The molecule has 1 aliphatic rings. The summed E-state index contributed by atoms with van der Waals surface area (Å²) in [6.07, 6.45) is -0.606. The second kappa shape index (κ2) is 4.71. The van der Waals surface area contributed by atoms with Gasteiger partial charge in [-0.05, 0) is 31.7 Å². The Morgan fingerprint density at radius 3 is 3.00 bits per heavy atom. The van der Waals surface area contributed by atoms with Crippen LogP contribution >= 0.6 is 0 Å². The van der Waals surface area contributed by atoms with Crippen molar-refractivity contribution in [2.45, 2.75) is 13.0 Å². The Morgan fingerprint density at radius 2 is 2.35 bits per heavy atom. The Bertz CT molecular complexity index is 437. The largest absolute Gasteiger partial charge is 0.443 e. The van der Waals surface area contributed by atoms with Crippen molar-refractivity contribution < 1.29 is 13.9 Å². The highest BCUT2D eigenvalue weighted by atomic mass is 19.1. The topological polar surface area (TPSA) is 41.6 Å². The fourth-order valence-electron chi connectivity index (χ4n) is 1.82. The van der Waals surface area contributed by atoms with Crippen LogP contribution in [0.4, 0.5) is 14.9 Å². The molecule has 1 aromatic rings. The number of benzene rings is 1. The standard InChI is InChI=1S/C12H15FN2O2/c1-8-3-4-9(5-11(8)13)15-7-10(6-14-2)17-12(15)16/h3-5,10,14H,6-7H2,1-2H3. The van der Waals surface area contributed by atoms with E-state index in [1.165, 1.54) is 11.0 Å². The van der Waals surface area contributed by atoms with Gasteiger partial charge in [0.05, 0.1) is 12.2 Å². The van der Waals surface area contributed by atoms with Gasteiger partial charge in [-0.2, -0.15) is 0 Å². The van der Waals surface area contributed by atoms with Crippen molar-refractivity contribution in [1.82, 2.24) is 5.32 Å². The molecule has 0 radical (unpaired) electrons. The minimum absolute atomic E-state index is 0.183. The molecule has 92 valence electrons. The maximum atomic E-state index is 13.4. The number of ether oxygens (including phenoxy) is 1. The first-order valence-electron chi connectivity index (χ1n) is 5.50. The number of hydrogen-bond donors (Lipinski definition) is 1. The number of halogens is 1. The van der Waals surface area contributed by atoms with Crippen molar-refractivity contribution in [2.75, 3.05) is 25.0 Å². The number of hydrogen-bond acceptors (Lipinski definition) is 3. The van der Waals surface area contributed by atoms with E-state index in [-0.39, 0.29) is 11.9 Å². The number of anilines is 1. The molecule has 5 heteroatoms. The van der Waals surface area contributed by atoms with Crippen molar-refractivity contribution in [3.8, 4) is 0 Å². The zero-order valence-corrected chi connectivity index (χ0v) is 9.87. The van der Waals surface area contributed by atoms with E-state index in [2.05, 4.69) is 5.32 Å². The van der Waals surface area contributed by atoms with E-state index in [1.807, 2.05) is 0 Å². The van der Waals surface area contributed by atoms with Gasteiger partial charge in [0.15, 0.2) is 0 Å². The van der Waals surface area contributed by atoms with Gasteiger partial charge < -0.3 is 10.1 Å². The second-order valence-electron chi connectivity index (χ2n) is 4.11. The van der Waals surface area contributed by atoms with Gasteiger partial charge in [-0.25, -0.2) is 9.18 Å². The summed E-state index contributed by atoms with van der Waals surface area (Å²) >= 11 is 0. The van der Waals surface area contributed by atoms with Crippen LogP contribution in [0.1, 0.15) is 5.56 Å². The van der Waals surface area contributed by atoms with E-state index in [4.69, 9.17) is 4.74 Å². The first kappa shape index (κ1) is 11.9. The minimum Gasteiger partial charge on any atom is -0.443 e. The highest BCUT2D eigenvalue weighted by Crippen LogP contribution is 2.23. The van der Waals surface area contributed by atoms with Crippen LogP contribution < -0.4 is 10.2 Å². The molecule has 1 aliphatic heterocycles. The van der Waals surface area contributed by atoms with Gasteiger partial charge >= 0.3 is 6.09 Å². The molecule has 1 N–H and O–H groups in total. The predicted molar refractivity (Wildman–Crippen MR) is 62.7 cm³/mol. The van der Waals surface area contributed by atoms with Gasteiger partial charge in [0.25, 0.3) is 0 Å². The molecular weight excluding hydrogens is 223 g/mol. The summed E-state index contributed by atoms with van der Waals surface area (Å²) in [5.74, 6) is -0.313. The van der Waals surface area contributed by atoms with Crippen LogP contribution in [0, 0.1) is 12.7 Å². The highest BCUT2D eigenvalue weighted by molar-refractivity contribution is 5.89. The van der Waals surface area contributed by atoms with Crippen LogP contribution in [0.25, 0.3) is 0 Å². The van der Waals surface area contributed by atoms with Crippen LogP contribution in [-0.2, 0) is 4.74 Å². The van der Waals surface area contributed by atoms with E-state index in [9.17, 15) is 9.18 Å². The Balaban J connectivity index is 2.17. The van der Waals surface area contributed by atoms with Crippen molar-refractivity contribution in [3.05, 3.63) is 29.6 Å². The van der Waals surface area contributed by atoms with Crippen molar-refractivity contribution in [2.24, 2.45) is 0 Å². The lowest BCUT2D eigenvalue weighted by atomic mass is 10.2. The summed E-state index contributed by atoms with van der Waals surface area (Å²) in [5.41, 5.74) is 1.10. The SMILES string of the molecule is CNCC1CN(c2ccc(C)c(F)c2)C(=O)O1. The Morgan fingerprint density at radius 1 is 1.59 bits per heavy atom. The average molecular weight is 238 g/mol. The predicted octanol–water partition coefficient (Wildman–Crippen LogP) is 1.68. The molecule has 1 amide bonds. The number of rotatable bonds is 3. The Hall–Kier alpha value is -1.62. The lowest BCUT2D eigenvalue weighted by molar-refractivity contribution is 0.141. The molecule has 17 heavy (non-hydrogen) atoms. The molecule has 4 nitrogen and oxygen atoms in total. The third kappa shape index (κ3) is 2.39. The molecule has 0 spiro atoms. The zero-order chi connectivity index (χ0) is 12.4. The summed E-state index contributed by atoms with van der Waals surface area (Å²) in [7, 11) is 1.79. The fourth-order valence-corrected chi connectivity index (χ4v) is 1.82. The Kier molecular flexibility index (Phi) is 3.28. The number of aryl methyl sites for hydroxylation is 1. The number of carbonyl (C=O) groups is 1. The number of nitrogens with one attached hydrogen (secondary N) is 1. The number of carbonyl (C=O) groups excluding carboxylic acids is 1. The van der Waals surface area contributed by atoms with Crippen molar-refractivity contribution in [1.29, 1.82) is 0 Å². The van der Waals surface area contributed by atoms with Crippen LogP contribution in [0.3, 0.4) is 0 Å². The fraction of sp³-hybridized carbons (Fsp3) is 0.417. The van der Waals surface area contributed by atoms with E-state index in [0.717, 1.165) is 0 Å². The second-order valence-corrected chi connectivity index (χ2v) is 4.11. The van der Waals surface area contributed by atoms with E-state index >= 15 is 0 Å². The maximum absolute atomic E-state index is 13.4. The third-order valence-electron chi connectivity index (χ3n) is 2.77. The van der Waals surface area contributed by atoms with Gasteiger partial charge in [0, 0.05) is 6.54 Å². The molecule has 0 saturated carbocycles. The summed E-state index contributed by atoms with van der Waals surface area (Å²) < 4.78 is 18.6. The molecule has 1 atom stereocenters.